The van der Waals surface area contributed by atoms with Gasteiger partial charge < -0.3 is 0 Å². The molecule has 0 heterocycles. The average molecular weight is 230 g/mol. The van der Waals surface area contributed by atoms with Crippen molar-refractivity contribution in [3.05, 3.63) is 47.0 Å². The number of rotatable bonds is 4. The molecule has 1 unspecified atom stereocenters. The highest BCUT2D eigenvalue weighted by Gasteiger charge is 2.14. The maximum absolute atomic E-state index is 5.71. The van der Waals surface area contributed by atoms with Gasteiger partial charge in [0, 0.05) is 6.04 Å². The van der Waals surface area contributed by atoms with Gasteiger partial charge in [0.2, 0.25) is 0 Å². The summed E-state index contributed by atoms with van der Waals surface area (Å²) in [7, 11) is 0. The van der Waals surface area contributed by atoms with Crippen molar-refractivity contribution < 1.29 is 0 Å². The lowest BCUT2D eigenvalue weighted by Crippen LogP contribution is -2.29. The smallest absolute Gasteiger partial charge is 0.0499 e. The summed E-state index contributed by atoms with van der Waals surface area (Å²) in [5, 5.41) is 0. The number of nitrogens with one attached hydrogen (secondary N) is 1. The molecule has 1 aliphatic carbocycles. The second kappa shape index (κ2) is 5.99. The van der Waals surface area contributed by atoms with Crippen LogP contribution >= 0.6 is 0 Å². The van der Waals surface area contributed by atoms with Crippen molar-refractivity contribution in [3.8, 4) is 0 Å². The first kappa shape index (κ1) is 12.3. The number of hydrazine groups is 1. The number of aryl methyl sites for hydroxylation is 1. The molecule has 0 aromatic heterocycles. The van der Waals surface area contributed by atoms with Gasteiger partial charge >= 0.3 is 0 Å². The second-order valence-electron chi connectivity index (χ2n) is 4.89. The first-order valence-electron chi connectivity index (χ1n) is 6.51. The number of nitrogens with two attached hydrogens (primary N) is 1. The van der Waals surface area contributed by atoms with Gasteiger partial charge in [-0.25, -0.2) is 0 Å². The maximum atomic E-state index is 5.71. The Balaban J connectivity index is 2.11. The van der Waals surface area contributed by atoms with Crippen molar-refractivity contribution in [1.29, 1.82) is 0 Å². The summed E-state index contributed by atoms with van der Waals surface area (Å²) < 4.78 is 0. The third kappa shape index (κ3) is 3.18. The van der Waals surface area contributed by atoms with E-state index in [2.05, 4.69) is 42.7 Å². The molecule has 92 valence electrons. The summed E-state index contributed by atoms with van der Waals surface area (Å²) in [5.74, 6) is 5.71. The lowest BCUT2D eigenvalue weighted by molar-refractivity contribution is 0.527. The minimum Gasteiger partial charge on any atom is -0.271 e. The van der Waals surface area contributed by atoms with Crippen LogP contribution in [0, 0.1) is 6.92 Å². The zero-order chi connectivity index (χ0) is 12.1. The molecular weight excluding hydrogens is 208 g/mol. The molecule has 0 saturated carbocycles. The van der Waals surface area contributed by atoms with Crippen molar-refractivity contribution in [2.75, 3.05) is 0 Å². The molecule has 0 radical (unpaired) electrons. The normalized spacial score (nSPS) is 17.6. The highest BCUT2D eigenvalue weighted by Crippen LogP contribution is 2.28. The predicted octanol–water partition coefficient (Wildman–Crippen LogP) is 3.39. The topological polar surface area (TPSA) is 38.0 Å². The molecule has 0 fully saturated rings. The van der Waals surface area contributed by atoms with E-state index >= 15 is 0 Å². The first-order chi connectivity index (χ1) is 8.31. The van der Waals surface area contributed by atoms with E-state index in [-0.39, 0.29) is 6.04 Å². The Bertz CT molecular complexity index is 396. The molecule has 0 aliphatic heterocycles. The van der Waals surface area contributed by atoms with Crippen LogP contribution in [0.4, 0.5) is 0 Å². The molecule has 1 aromatic carbocycles. The molecule has 0 saturated heterocycles. The zero-order valence-corrected chi connectivity index (χ0v) is 10.6. The molecule has 1 aliphatic rings. The maximum Gasteiger partial charge on any atom is 0.0499 e. The first-order valence-corrected chi connectivity index (χ1v) is 6.51. The second-order valence-corrected chi connectivity index (χ2v) is 4.89. The zero-order valence-electron chi connectivity index (χ0n) is 10.6. The van der Waals surface area contributed by atoms with E-state index in [4.69, 9.17) is 5.84 Å². The Labute approximate surface area is 104 Å². The van der Waals surface area contributed by atoms with Crippen molar-refractivity contribution in [3.63, 3.8) is 0 Å². The van der Waals surface area contributed by atoms with Crippen LogP contribution in [-0.4, -0.2) is 0 Å². The molecule has 0 amide bonds. The van der Waals surface area contributed by atoms with Crippen molar-refractivity contribution in [2.45, 2.75) is 45.1 Å². The highest BCUT2D eigenvalue weighted by atomic mass is 15.2. The van der Waals surface area contributed by atoms with Crippen LogP contribution in [0.15, 0.2) is 35.9 Å². The van der Waals surface area contributed by atoms with Crippen molar-refractivity contribution >= 4 is 0 Å². The lowest BCUT2D eigenvalue weighted by atomic mass is 9.90. The summed E-state index contributed by atoms with van der Waals surface area (Å²) >= 11 is 0. The fraction of sp³-hybridized carbons (Fsp3) is 0.467. The third-order valence-electron chi connectivity index (χ3n) is 3.62. The Morgan fingerprint density at radius 3 is 2.76 bits per heavy atom. The molecule has 17 heavy (non-hydrogen) atoms. The molecule has 3 N–H and O–H groups in total. The highest BCUT2D eigenvalue weighted by molar-refractivity contribution is 5.30. The van der Waals surface area contributed by atoms with E-state index in [1.165, 1.54) is 36.8 Å². The van der Waals surface area contributed by atoms with Gasteiger partial charge in [0.05, 0.1) is 0 Å². The SMILES string of the molecule is Cc1ccccc1C(CC1=CCCCC1)NN. The minimum atomic E-state index is 0.251. The molecule has 1 aromatic rings. The fourth-order valence-corrected chi connectivity index (χ4v) is 2.59. The Morgan fingerprint density at radius 2 is 2.12 bits per heavy atom. The van der Waals surface area contributed by atoms with Gasteiger partial charge in [0.25, 0.3) is 0 Å². The van der Waals surface area contributed by atoms with E-state index in [1.54, 1.807) is 5.57 Å². The van der Waals surface area contributed by atoms with Crippen LogP contribution in [0.3, 0.4) is 0 Å². The summed E-state index contributed by atoms with van der Waals surface area (Å²) in [6.07, 6.45) is 8.59. The average Bonchev–Trinajstić information content (AvgIpc) is 2.38. The van der Waals surface area contributed by atoms with Gasteiger partial charge in [0.15, 0.2) is 0 Å². The van der Waals surface area contributed by atoms with E-state index in [9.17, 15) is 0 Å². The quantitative estimate of drug-likeness (QED) is 0.473. The van der Waals surface area contributed by atoms with E-state index in [0.29, 0.717) is 0 Å². The van der Waals surface area contributed by atoms with Crippen molar-refractivity contribution in [1.82, 2.24) is 5.43 Å². The molecule has 2 nitrogen and oxygen atoms in total. The summed E-state index contributed by atoms with van der Waals surface area (Å²) in [5.41, 5.74) is 7.16. The molecule has 1 atom stereocenters. The number of hydrogen-bond acceptors (Lipinski definition) is 2. The third-order valence-corrected chi connectivity index (χ3v) is 3.62. The summed E-state index contributed by atoms with van der Waals surface area (Å²) in [4.78, 5) is 0. The van der Waals surface area contributed by atoms with Crippen LogP contribution in [-0.2, 0) is 0 Å². The van der Waals surface area contributed by atoms with Gasteiger partial charge in [0.1, 0.15) is 0 Å². The largest absolute Gasteiger partial charge is 0.271 e. The van der Waals surface area contributed by atoms with Gasteiger partial charge in [-0.1, -0.05) is 35.9 Å². The Morgan fingerprint density at radius 1 is 1.29 bits per heavy atom. The number of hydrogen-bond donors (Lipinski definition) is 2. The fourth-order valence-electron chi connectivity index (χ4n) is 2.59. The van der Waals surface area contributed by atoms with E-state index in [0.717, 1.165) is 6.42 Å². The molecular formula is C15H22N2. The minimum absolute atomic E-state index is 0.251. The predicted molar refractivity (Wildman–Crippen MR) is 72.4 cm³/mol. The molecule has 0 bridgehead atoms. The molecule has 2 rings (SSSR count). The van der Waals surface area contributed by atoms with E-state index < -0.39 is 0 Å². The van der Waals surface area contributed by atoms with Crippen LogP contribution in [0.25, 0.3) is 0 Å². The van der Waals surface area contributed by atoms with Gasteiger partial charge in [-0.05, 0) is 50.2 Å². The van der Waals surface area contributed by atoms with Crippen LogP contribution in [0.2, 0.25) is 0 Å². The van der Waals surface area contributed by atoms with Crippen molar-refractivity contribution in [2.24, 2.45) is 5.84 Å². The van der Waals surface area contributed by atoms with Crippen LogP contribution in [0.5, 0.6) is 0 Å². The monoisotopic (exact) mass is 230 g/mol. The van der Waals surface area contributed by atoms with Gasteiger partial charge in [-0.2, -0.15) is 0 Å². The number of benzene rings is 1. The van der Waals surface area contributed by atoms with Gasteiger partial charge in [-0.15, -0.1) is 0 Å². The summed E-state index contributed by atoms with van der Waals surface area (Å²) in [6.45, 7) is 2.15. The standard InChI is InChI=1S/C15H22N2/c1-12-7-5-6-10-14(12)15(17-16)11-13-8-3-2-4-9-13/h5-8,10,15,17H,2-4,9,11,16H2,1H3. The number of allylic oxidation sites excluding steroid dienone is 1. The Hall–Kier alpha value is -1.12. The van der Waals surface area contributed by atoms with E-state index in [1.807, 2.05) is 0 Å². The lowest BCUT2D eigenvalue weighted by Gasteiger charge is -2.22. The van der Waals surface area contributed by atoms with Gasteiger partial charge in [-0.3, -0.25) is 11.3 Å². The molecule has 2 heteroatoms. The molecule has 0 spiro atoms. The van der Waals surface area contributed by atoms with Crippen LogP contribution in [0.1, 0.15) is 49.3 Å². The summed E-state index contributed by atoms with van der Waals surface area (Å²) in [6, 6.07) is 8.73. The Kier molecular flexibility index (Phi) is 4.35. The van der Waals surface area contributed by atoms with Crippen LogP contribution < -0.4 is 11.3 Å².